The fraction of sp³-hybridized carbons (Fsp3) is 0.833. The molecule has 0 aromatic carbocycles. The van der Waals surface area contributed by atoms with Gasteiger partial charge in [0.2, 0.25) is 0 Å². The molecule has 2 bridgehead atoms. The normalized spacial score (nSPS) is 37.4. The molecule has 2 aliphatic heterocycles. The highest BCUT2D eigenvalue weighted by molar-refractivity contribution is 4.97. The van der Waals surface area contributed by atoms with Crippen LogP contribution in [0.1, 0.15) is 32.1 Å². The van der Waals surface area contributed by atoms with Gasteiger partial charge in [-0.1, -0.05) is 6.08 Å². The molecular formula is C12H22N2. The summed E-state index contributed by atoms with van der Waals surface area (Å²) in [6.45, 7) is 5.80. The summed E-state index contributed by atoms with van der Waals surface area (Å²) < 4.78 is 0. The van der Waals surface area contributed by atoms with Crippen molar-refractivity contribution in [1.29, 1.82) is 0 Å². The van der Waals surface area contributed by atoms with Crippen LogP contribution in [-0.2, 0) is 0 Å². The van der Waals surface area contributed by atoms with E-state index in [1.54, 1.807) is 0 Å². The second kappa shape index (κ2) is 4.45. The van der Waals surface area contributed by atoms with E-state index in [4.69, 9.17) is 5.73 Å². The van der Waals surface area contributed by atoms with Crippen molar-refractivity contribution in [3.05, 3.63) is 12.7 Å². The van der Waals surface area contributed by atoms with Gasteiger partial charge in [0.15, 0.2) is 0 Å². The van der Waals surface area contributed by atoms with Crippen LogP contribution in [0.2, 0.25) is 0 Å². The summed E-state index contributed by atoms with van der Waals surface area (Å²) in [5.41, 5.74) is 5.63. The first-order valence-electron chi connectivity index (χ1n) is 5.92. The van der Waals surface area contributed by atoms with Crippen LogP contribution in [0.3, 0.4) is 0 Å². The molecule has 2 saturated heterocycles. The lowest BCUT2D eigenvalue weighted by molar-refractivity contribution is 0.114. The Morgan fingerprint density at radius 1 is 1.29 bits per heavy atom. The first kappa shape index (κ1) is 10.2. The van der Waals surface area contributed by atoms with Crippen LogP contribution >= 0.6 is 0 Å². The van der Waals surface area contributed by atoms with Gasteiger partial charge in [-0.15, -0.1) is 6.58 Å². The Balaban J connectivity index is 1.94. The molecule has 0 aromatic rings. The lowest BCUT2D eigenvalue weighted by Gasteiger charge is -2.38. The molecule has 2 aliphatic rings. The van der Waals surface area contributed by atoms with E-state index >= 15 is 0 Å². The Morgan fingerprint density at radius 2 is 1.93 bits per heavy atom. The third-order valence-electron chi connectivity index (χ3n) is 3.90. The molecule has 2 nitrogen and oxygen atoms in total. The number of piperidine rings is 1. The van der Waals surface area contributed by atoms with Crippen molar-refractivity contribution in [2.75, 3.05) is 13.1 Å². The summed E-state index contributed by atoms with van der Waals surface area (Å²) >= 11 is 0. The molecule has 2 unspecified atom stereocenters. The zero-order chi connectivity index (χ0) is 9.97. The molecule has 2 heterocycles. The molecule has 0 aromatic heterocycles. The summed E-state index contributed by atoms with van der Waals surface area (Å²) in [6, 6.07) is 1.67. The Bertz CT molecular complexity index is 188. The van der Waals surface area contributed by atoms with Gasteiger partial charge in [0.1, 0.15) is 0 Å². The lowest BCUT2D eigenvalue weighted by atomic mass is 9.88. The van der Waals surface area contributed by atoms with Gasteiger partial charge >= 0.3 is 0 Å². The fourth-order valence-corrected chi connectivity index (χ4v) is 3.31. The van der Waals surface area contributed by atoms with Gasteiger partial charge in [-0.25, -0.2) is 0 Å². The average molecular weight is 194 g/mol. The number of hydrogen-bond acceptors (Lipinski definition) is 2. The van der Waals surface area contributed by atoms with Gasteiger partial charge in [-0.05, 0) is 44.6 Å². The SMILES string of the molecule is C=CCN1C2CCC1CC(CCN)C2. The molecular weight excluding hydrogens is 172 g/mol. The predicted molar refractivity (Wildman–Crippen MR) is 60.1 cm³/mol. The smallest absolute Gasteiger partial charge is 0.0166 e. The van der Waals surface area contributed by atoms with Crippen LogP contribution in [0.15, 0.2) is 12.7 Å². The highest BCUT2D eigenvalue weighted by Gasteiger charge is 2.39. The van der Waals surface area contributed by atoms with Gasteiger partial charge in [0, 0.05) is 18.6 Å². The lowest BCUT2D eigenvalue weighted by Crippen LogP contribution is -2.43. The van der Waals surface area contributed by atoms with E-state index in [2.05, 4.69) is 17.6 Å². The quantitative estimate of drug-likeness (QED) is 0.691. The maximum absolute atomic E-state index is 5.63. The van der Waals surface area contributed by atoms with Crippen molar-refractivity contribution < 1.29 is 0 Å². The van der Waals surface area contributed by atoms with E-state index < -0.39 is 0 Å². The van der Waals surface area contributed by atoms with Gasteiger partial charge in [0.05, 0.1) is 0 Å². The summed E-state index contributed by atoms with van der Waals surface area (Å²) in [5, 5.41) is 0. The fourth-order valence-electron chi connectivity index (χ4n) is 3.31. The maximum atomic E-state index is 5.63. The molecule has 0 saturated carbocycles. The van der Waals surface area contributed by atoms with Gasteiger partial charge in [-0.2, -0.15) is 0 Å². The predicted octanol–water partition coefficient (Wildman–Crippen LogP) is 1.76. The number of nitrogens with zero attached hydrogens (tertiary/aromatic N) is 1. The minimum absolute atomic E-state index is 0.836. The highest BCUT2D eigenvalue weighted by Crippen LogP contribution is 2.39. The second-order valence-electron chi connectivity index (χ2n) is 4.79. The minimum Gasteiger partial charge on any atom is -0.330 e. The van der Waals surface area contributed by atoms with Gasteiger partial charge in [0.25, 0.3) is 0 Å². The monoisotopic (exact) mass is 194 g/mol. The maximum Gasteiger partial charge on any atom is 0.0166 e. The van der Waals surface area contributed by atoms with E-state index in [0.29, 0.717) is 0 Å². The topological polar surface area (TPSA) is 29.3 Å². The highest BCUT2D eigenvalue weighted by atomic mass is 15.2. The van der Waals surface area contributed by atoms with Crippen LogP contribution in [0.4, 0.5) is 0 Å². The largest absolute Gasteiger partial charge is 0.330 e. The summed E-state index contributed by atoms with van der Waals surface area (Å²) in [5.74, 6) is 0.901. The van der Waals surface area contributed by atoms with E-state index in [-0.39, 0.29) is 0 Å². The van der Waals surface area contributed by atoms with Crippen molar-refractivity contribution in [2.24, 2.45) is 11.7 Å². The number of nitrogens with two attached hydrogens (primary N) is 1. The molecule has 2 rings (SSSR count). The average Bonchev–Trinajstić information content (AvgIpc) is 2.44. The zero-order valence-corrected chi connectivity index (χ0v) is 8.99. The van der Waals surface area contributed by atoms with E-state index in [1.165, 1.54) is 32.1 Å². The van der Waals surface area contributed by atoms with Crippen molar-refractivity contribution >= 4 is 0 Å². The van der Waals surface area contributed by atoms with Crippen LogP contribution in [0.25, 0.3) is 0 Å². The summed E-state index contributed by atoms with van der Waals surface area (Å²) in [7, 11) is 0. The summed E-state index contributed by atoms with van der Waals surface area (Å²) in [4.78, 5) is 2.65. The Hall–Kier alpha value is -0.340. The van der Waals surface area contributed by atoms with E-state index in [0.717, 1.165) is 31.1 Å². The van der Waals surface area contributed by atoms with Crippen LogP contribution < -0.4 is 5.73 Å². The van der Waals surface area contributed by atoms with Gasteiger partial charge < -0.3 is 5.73 Å². The number of rotatable bonds is 4. The molecule has 0 aliphatic carbocycles. The van der Waals surface area contributed by atoms with Crippen LogP contribution in [0.5, 0.6) is 0 Å². The van der Waals surface area contributed by atoms with E-state index in [9.17, 15) is 0 Å². The molecule has 2 atom stereocenters. The van der Waals surface area contributed by atoms with E-state index in [1.807, 2.05) is 0 Å². The second-order valence-corrected chi connectivity index (χ2v) is 4.79. The van der Waals surface area contributed by atoms with Crippen molar-refractivity contribution in [3.8, 4) is 0 Å². The Kier molecular flexibility index (Phi) is 3.24. The molecule has 2 fully saturated rings. The third-order valence-corrected chi connectivity index (χ3v) is 3.90. The minimum atomic E-state index is 0.836. The molecule has 0 amide bonds. The Morgan fingerprint density at radius 3 is 2.43 bits per heavy atom. The van der Waals surface area contributed by atoms with Crippen molar-refractivity contribution in [2.45, 2.75) is 44.2 Å². The molecule has 80 valence electrons. The summed E-state index contributed by atoms with van der Waals surface area (Å²) in [6.07, 6.45) is 8.84. The zero-order valence-electron chi connectivity index (χ0n) is 8.99. The first-order valence-corrected chi connectivity index (χ1v) is 5.92. The van der Waals surface area contributed by atoms with Crippen LogP contribution in [0, 0.1) is 5.92 Å². The van der Waals surface area contributed by atoms with Crippen molar-refractivity contribution in [3.63, 3.8) is 0 Å². The molecule has 0 radical (unpaired) electrons. The third kappa shape index (κ3) is 1.86. The number of hydrogen-bond donors (Lipinski definition) is 1. The molecule has 14 heavy (non-hydrogen) atoms. The van der Waals surface area contributed by atoms with Crippen molar-refractivity contribution in [1.82, 2.24) is 4.90 Å². The standard InChI is InChI=1S/C12H22N2/c1-2-7-14-11-3-4-12(14)9-10(8-11)5-6-13/h2,10-12H,1,3-9,13H2. The Labute approximate surface area is 87.2 Å². The molecule has 2 N–H and O–H groups in total. The van der Waals surface area contributed by atoms with Gasteiger partial charge in [-0.3, -0.25) is 4.90 Å². The molecule has 2 heteroatoms. The first-order chi connectivity index (χ1) is 6.85. The van der Waals surface area contributed by atoms with Crippen LogP contribution in [-0.4, -0.2) is 30.1 Å². The molecule has 0 spiro atoms. The number of fused-ring (bicyclic) bond motifs is 2.